The first kappa shape index (κ1) is 32.1. The summed E-state index contributed by atoms with van der Waals surface area (Å²) < 4.78 is 69.7. The molecule has 0 aromatic heterocycles. The van der Waals surface area contributed by atoms with E-state index in [4.69, 9.17) is 0 Å². The molecule has 0 spiro atoms. The first-order chi connectivity index (χ1) is 19.1. The van der Waals surface area contributed by atoms with Crippen molar-refractivity contribution < 1.29 is 31.2 Å². The molecule has 1 N–H and O–H groups in total. The standard InChI is InChI=1S/C29H31BrF3N3O4S/c1-19(2)34-28(38)21(4)35(17-22-10-12-24(30)13-11-22)27(37)18-36(25-7-5-6-23(16-25)29(31,32)33)41(39,40)26-14-8-20(3)9-15-26/h5-16,19,21H,17-18H2,1-4H3,(H,34,38). The lowest BCUT2D eigenvalue weighted by molar-refractivity contribution is -0.139. The van der Waals surface area contributed by atoms with Crippen molar-refractivity contribution in [3.8, 4) is 0 Å². The molecular formula is C29H31BrF3N3O4S. The molecule has 0 aliphatic heterocycles. The van der Waals surface area contributed by atoms with Crippen molar-refractivity contribution in [3.05, 3.63) is 94.0 Å². The number of benzene rings is 3. The molecule has 220 valence electrons. The second-order valence-electron chi connectivity index (χ2n) is 9.86. The number of hydrogen-bond acceptors (Lipinski definition) is 4. The van der Waals surface area contributed by atoms with Crippen molar-refractivity contribution in [1.82, 2.24) is 10.2 Å². The lowest BCUT2D eigenvalue weighted by atomic mass is 10.1. The molecule has 0 bridgehead atoms. The van der Waals surface area contributed by atoms with Gasteiger partial charge in [0.1, 0.15) is 12.6 Å². The molecule has 1 unspecified atom stereocenters. The normalized spacial score (nSPS) is 12.6. The molecule has 41 heavy (non-hydrogen) atoms. The first-order valence-electron chi connectivity index (χ1n) is 12.7. The van der Waals surface area contributed by atoms with Crippen LogP contribution in [0.4, 0.5) is 18.9 Å². The summed E-state index contributed by atoms with van der Waals surface area (Å²) >= 11 is 3.35. The van der Waals surface area contributed by atoms with E-state index in [0.29, 0.717) is 15.9 Å². The molecule has 0 saturated heterocycles. The summed E-state index contributed by atoms with van der Waals surface area (Å²) in [7, 11) is -4.49. The fraction of sp³-hybridized carbons (Fsp3) is 0.310. The largest absolute Gasteiger partial charge is 0.416 e. The molecule has 0 aliphatic carbocycles. The lowest BCUT2D eigenvalue weighted by Crippen LogP contribution is -2.52. The van der Waals surface area contributed by atoms with Crippen molar-refractivity contribution in [2.45, 2.75) is 57.4 Å². The molecule has 12 heteroatoms. The zero-order valence-corrected chi connectivity index (χ0v) is 25.3. The van der Waals surface area contributed by atoms with Gasteiger partial charge in [0, 0.05) is 17.1 Å². The number of nitrogens with one attached hydrogen (secondary N) is 1. The molecular weight excluding hydrogens is 623 g/mol. The highest BCUT2D eigenvalue weighted by Crippen LogP contribution is 2.33. The Morgan fingerprint density at radius 3 is 2.12 bits per heavy atom. The van der Waals surface area contributed by atoms with E-state index in [9.17, 15) is 31.2 Å². The van der Waals surface area contributed by atoms with Gasteiger partial charge in [-0.1, -0.05) is 51.8 Å². The van der Waals surface area contributed by atoms with Gasteiger partial charge in [0.2, 0.25) is 11.8 Å². The van der Waals surface area contributed by atoms with Gasteiger partial charge >= 0.3 is 6.18 Å². The van der Waals surface area contributed by atoms with Crippen LogP contribution >= 0.6 is 15.9 Å². The lowest BCUT2D eigenvalue weighted by Gasteiger charge is -2.32. The van der Waals surface area contributed by atoms with Crippen molar-refractivity contribution in [2.75, 3.05) is 10.8 Å². The van der Waals surface area contributed by atoms with E-state index in [-0.39, 0.29) is 23.2 Å². The second-order valence-corrected chi connectivity index (χ2v) is 12.6. The van der Waals surface area contributed by atoms with Crippen molar-refractivity contribution in [2.24, 2.45) is 0 Å². The number of aryl methyl sites for hydroxylation is 1. The predicted octanol–water partition coefficient (Wildman–Crippen LogP) is 5.91. The number of amides is 2. The summed E-state index contributed by atoms with van der Waals surface area (Å²) in [4.78, 5) is 27.8. The highest BCUT2D eigenvalue weighted by molar-refractivity contribution is 9.10. The van der Waals surface area contributed by atoms with E-state index in [0.717, 1.165) is 22.2 Å². The van der Waals surface area contributed by atoms with Crippen molar-refractivity contribution in [3.63, 3.8) is 0 Å². The van der Waals surface area contributed by atoms with Gasteiger partial charge in [-0.15, -0.1) is 0 Å². The van der Waals surface area contributed by atoms with Crippen LogP contribution in [0.15, 0.2) is 82.2 Å². The summed E-state index contributed by atoms with van der Waals surface area (Å²) in [6.07, 6.45) is -4.74. The number of hydrogen-bond donors (Lipinski definition) is 1. The summed E-state index contributed by atoms with van der Waals surface area (Å²) in [5, 5.41) is 2.75. The quantitative estimate of drug-likeness (QED) is 0.295. The van der Waals surface area contributed by atoms with Crippen LogP contribution in [0.3, 0.4) is 0 Å². The number of carbonyl (C=O) groups is 2. The molecule has 3 aromatic rings. The number of alkyl halides is 3. The molecule has 3 rings (SSSR count). The Hall–Kier alpha value is -3.38. The van der Waals surface area contributed by atoms with Crippen molar-refractivity contribution in [1.29, 1.82) is 0 Å². The Morgan fingerprint density at radius 2 is 1.56 bits per heavy atom. The molecule has 0 saturated carbocycles. The molecule has 3 aromatic carbocycles. The summed E-state index contributed by atoms with van der Waals surface area (Å²) in [5.41, 5.74) is 0.0358. The molecule has 0 heterocycles. The van der Waals surface area contributed by atoms with Crippen LogP contribution in [-0.2, 0) is 32.3 Å². The van der Waals surface area contributed by atoms with Crippen molar-refractivity contribution >= 4 is 43.5 Å². The first-order valence-corrected chi connectivity index (χ1v) is 14.9. The minimum atomic E-state index is -4.74. The van der Waals surface area contributed by atoms with Gasteiger partial charge in [-0.3, -0.25) is 13.9 Å². The van der Waals surface area contributed by atoms with Crippen LogP contribution in [0.25, 0.3) is 0 Å². The van der Waals surface area contributed by atoms with E-state index < -0.39 is 46.2 Å². The van der Waals surface area contributed by atoms with Crippen LogP contribution in [0, 0.1) is 6.92 Å². The van der Waals surface area contributed by atoms with E-state index in [2.05, 4.69) is 21.2 Å². The molecule has 0 aliphatic rings. The number of nitrogens with zero attached hydrogens (tertiary/aromatic N) is 2. The minimum absolute atomic E-state index is 0.0419. The SMILES string of the molecule is Cc1ccc(S(=O)(=O)N(CC(=O)N(Cc2ccc(Br)cc2)C(C)C(=O)NC(C)C)c2cccc(C(F)(F)F)c2)cc1. The van der Waals surface area contributed by atoms with Gasteiger partial charge in [0.15, 0.2) is 0 Å². The van der Waals surface area contributed by atoms with E-state index >= 15 is 0 Å². The molecule has 7 nitrogen and oxygen atoms in total. The van der Waals surface area contributed by atoms with Gasteiger partial charge in [-0.25, -0.2) is 8.42 Å². The van der Waals surface area contributed by atoms with Gasteiger partial charge in [-0.2, -0.15) is 13.2 Å². The van der Waals surface area contributed by atoms with Gasteiger partial charge in [0.25, 0.3) is 10.0 Å². The number of sulfonamides is 1. The maximum atomic E-state index is 13.9. The molecule has 0 fully saturated rings. The molecule has 2 amide bonds. The smallest absolute Gasteiger partial charge is 0.352 e. The van der Waals surface area contributed by atoms with E-state index in [1.165, 1.54) is 30.0 Å². The average Bonchev–Trinajstić information content (AvgIpc) is 2.90. The van der Waals surface area contributed by atoms with Gasteiger partial charge in [0.05, 0.1) is 16.1 Å². The third-order valence-corrected chi connectivity index (χ3v) is 8.53. The maximum absolute atomic E-state index is 13.9. The van der Waals surface area contributed by atoms with Crippen LogP contribution < -0.4 is 9.62 Å². The van der Waals surface area contributed by atoms with E-state index in [1.54, 1.807) is 57.2 Å². The van der Waals surface area contributed by atoms with E-state index in [1.807, 2.05) is 0 Å². The Balaban J connectivity index is 2.09. The Labute approximate surface area is 246 Å². The predicted molar refractivity (Wildman–Crippen MR) is 155 cm³/mol. The summed E-state index contributed by atoms with van der Waals surface area (Å²) in [6.45, 7) is 5.91. The molecule has 0 radical (unpaired) electrons. The monoisotopic (exact) mass is 653 g/mol. The third-order valence-electron chi connectivity index (χ3n) is 6.21. The third kappa shape index (κ3) is 8.32. The number of anilines is 1. The van der Waals surface area contributed by atoms with Crippen LogP contribution in [0.2, 0.25) is 0 Å². The summed E-state index contributed by atoms with van der Waals surface area (Å²) in [5.74, 6) is -1.23. The maximum Gasteiger partial charge on any atom is 0.416 e. The minimum Gasteiger partial charge on any atom is -0.352 e. The highest BCUT2D eigenvalue weighted by Gasteiger charge is 2.35. The fourth-order valence-electron chi connectivity index (χ4n) is 3.98. The van der Waals surface area contributed by atoms with Crippen LogP contribution in [-0.4, -0.2) is 43.8 Å². The molecule has 1 atom stereocenters. The number of rotatable bonds is 10. The number of halogens is 4. The second kappa shape index (κ2) is 13.1. The van der Waals surface area contributed by atoms with Crippen LogP contribution in [0.5, 0.6) is 0 Å². The Morgan fingerprint density at radius 1 is 0.951 bits per heavy atom. The Kier molecular flexibility index (Phi) is 10.2. The van der Waals surface area contributed by atoms with Crippen LogP contribution in [0.1, 0.15) is 37.5 Å². The zero-order chi connectivity index (χ0) is 30.5. The topological polar surface area (TPSA) is 86.8 Å². The Bertz CT molecular complexity index is 1480. The number of carbonyl (C=O) groups excluding carboxylic acids is 2. The fourth-order valence-corrected chi connectivity index (χ4v) is 5.65. The highest BCUT2D eigenvalue weighted by atomic mass is 79.9. The average molecular weight is 655 g/mol. The zero-order valence-electron chi connectivity index (χ0n) is 22.9. The van der Waals surface area contributed by atoms with Gasteiger partial charge < -0.3 is 10.2 Å². The summed E-state index contributed by atoms with van der Waals surface area (Å²) in [6, 6.07) is 15.3. The van der Waals surface area contributed by atoms with Gasteiger partial charge in [-0.05, 0) is 75.7 Å².